The molecule has 3 atom stereocenters. The fraction of sp³-hybridized carbons (Fsp3) is 1.00. The van der Waals surface area contributed by atoms with E-state index in [0.717, 1.165) is 6.42 Å². The molecule has 56 valence electrons. The lowest BCUT2D eigenvalue weighted by atomic mass is 10.2. The molecule has 0 rings (SSSR count). The lowest BCUT2D eigenvalue weighted by Crippen LogP contribution is -2.22. The molecule has 0 amide bonds. The van der Waals surface area contributed by atoms with E-state index >= 15 is 0 Å². The molecule has 0 aromatic rings. The van der Waals surface area contributed by atoms with Crippen LogP contribution in [0.5, 0.6) is 0 Å². The summed E-state index contributed by atoms with van der Waals surface area (Å²) >= 11 is 12.9. The molecule has 0 nitrogen and oxygen atoms in total. The van der Waals surface area contributed by atoms with Gasteiger partial charge in [0, 0.05) is 15.7 Å². The maximum Gasteiger partial charge on any atom is 0.0247 e. The van der Waals surface area contributed by atoms with E-state index in [4.69, 9.17) is 0 Å². The molecule has 0 N–H and O–H groups in total. The van der Waals surface area contributed by atoms with E-state index in [1.807, 2.05) is 6.92 Å². The van der Waals surface area contributed by atoms with Gasteiger partial charge >= 0.3 is 0 Å². The van der Waals surface area contributed by atoms with Gasteiger partial charge in [0.1, 0.15) is 0 Å². The summed E-state index contributed by atoms with van der Waals surface area (Å²) in [4.78, 5) is 0. The highest BCUT2D eigenvalue weighted by molar-refractivity contribution is 7.87. The largest absolute Gasteiger partial charge is 0.175 e. The van der Waals surface area contributed by atoms with Gasteiger partial charge in [-0.05, 0) is 6.42 Å². The minimum Gasteiger partial charge on any atom is -0.175 e. The minimum atomic E-state index is 0.307. The van der Waals surface area contributed by atoms with Crippen LogP contribution in [0.1, 0.15) is 20.3 Å². The van der Waals surface area contributed by atoms with E-state index in [1.165, 1.54) is 0 Å². The van der Waals surface area contributed by atoms with Crippen LogP contribution in [0.4, 0.5) is 0 Å². The first kappa shape index (κ1) is 10.0. The van der Waals surface area contributed by atoms with Crippen molar-refractivity contribution in [2.75, 3.05) is 0 Å². The van der Waals surface area contributed by atoms with Crippen molar-refractivity contribution in [3.8, 4) is 0 Å². The van der Waals surface area contributed by atoms with Gasteiger partial charge in [0.15, 0.2) is 0 Å². The van der Waals surface area contributed by atoms with Crippen LogP contribution in [-0.4, -0.2) is 15.7 Å². The van der Waals surface area contributed by atoms with Gasteiger partial charge in [0.05, 0.1) is 0 Å². The van der Waals surface area contributed by atoms with Crippen molar-refractivity contribution in [1.29, 1.82) is 0 Å². The highest BCUT2D eigenvalue weighted by Gasteiger charge is 2.15. The third-order valence-corrected chi connectivity index (χ3v) is 3.59. The molecule has 3 heteroatoms. The molecular formula is C6H14S3. The predicted molar refractivity (Wildman–Crippen MR) is 54.3 cm³/mol. The Bertz CT molecular complexity index is 72.7. The van der Waals surface area contributed by atoms with Crippen molar-refractivity contribution in [1.82, 2.24) is 0 Å². The van der Waals surface area contributed by atoms with Crippen molar-refractivity contribution in [2.24, 2.45) is 0 Å². The Kier molecular flexibility index (Phi) is 5.36. The molecule has 0 bridgehead atoms. The second-order valence-corrected chi connectivity index (χ2v) is 4.28. The van der Waals surface area contributed by atoms with Gasteiger partial charge < -0.3 is 0 Å². The van der Waals surface area contributed by atoms with Gasteiger partial charge in [-0.2, -0.15) is 37.9 Å². The zero-order chi connectivity index (χ0) is 7.44. The van der Waals surface area contributed by atoms with Crippen LogP contribution in [0, 0.1) is 0 Å². The van der Waals surface area contributed by atoms with Crippen LogP contribution in [0.15, 0.2) is 0 Å². The van der Waals surface area contributed by atoms with Crippen LogP contribution in [0.2, 0.25) is 0 Å². The van der Waals surface area contributed by atoms with E-state index in [2.05, 4.69) is 44.8 Å². The van der Waals surface area contributed by atoms with E-state index < -0.39 is 0 Å². The van der Waals surface area contributed by atoms with E-state index in [-0.39, 0.29) is 0 Å². The maximum atomic E-state index is 4.35. The fourth-order valence-corrected chi connectivity index (χ4v) is 1.38. The van der Waals surface area contributed by atoms with Crippen molar-refractivity contribution in [3.63, 3.8) is 0 Å². The molecule has 0 aliphatic rings. The Hall–Kier alpha value is 1.05. The first-order chi connectivity index (χ1) is 4.09. The summed E-state index contributed by atoms with van der Waals surface area (Å²) in [5, 5.41) is 1.01. The first-order valence-corrected chi connectivity index (χ1v) is 4.68. The maximum absolute atomic E-state index is 4.35. The lowest BCUT2D eigenvalue weighted by Gasteiger charge is -2.19. The lowest BCUT2D eigenvalue weighted by molar-refractivity contribution is 0.759. The summed E-state index contributed by atoms with van der Waals surface area (Å²) in [7, 11) is 0. The Morgan fingerprint density at radius 1 is 1.22 bits per heavy atom. The highest BCUT2D eigenvalue weighted by atomic mass is 32.1. The Morgan fingerprint density at radius 3 is 1.78 bits per heavy atom. The van der Waals surface area contributed by atoms with Crippen LogP contribution in [0.25, 0.3) is 0 Å². The minimum absolute atomic E-state index is 0.307. The van der Waals surface area contributed by atoms with E-state index in [9.17, 15) is 0 Å². The average molecular weight is 182 g/mol. The molecule has 0 aliphatic heterocycles. The van der Waals surface area contributed by atoms with Crippen LogP contribution in [0.3, 0.4) is 0 Å². The molecule has 0 heterocycles. The van der Waals surface area contributed by atoms with Gasteiger partial charge in [-0.1, -0.05) is 13.8 Å². The molecule has 0 aromatic carbocycles. The van der Waals surface area contributed by atoms with Crippen LogP contribution < -0.4 is 0 Å². The summed E-state index contributed by atoms with van der Waals surface area (Å²) in [6.45, 7) is 4.15. The third-order valence-electron chi connectivity index (χ3n) is 1.31. The third kappa shape index (κ3) is 3.68. The second-order valence-electron chi connectivity index (χ2n) is 2.21. The van der Waals surface area contributed by atoms with Crippen molar-refractivity contribution >= 4 is 37.9 Å². The van der Waals surface area contributed by atoms with Crippen molar-refractivity contribution in [2.45, 2.75) is 36.0 Å². The quantitative estimate of drug-likeness (QED) is 0.548. The summed E-state index contributed by atoms with van der Waals surface area (Å²) in [5.41, 5.74) is 0. The molecular weight excluding hydrogens is 168 g/mol. The van der Waals surface area contributed by atoms with Gasteiger partial charge in [-0.15, -0.1) is 0 Å². The molecule has 0 spiro atoms. The van der Waals surface area contributed by atoms with Crippen molar-refractivity contribution in [3.05, 3.63) is 0 Å². The van der Waals surface area contributed by atoms with Crippen LogP contribution >= 0.6 is 37.9 Å². The predicted octanol–water partition coefficient (Wildman–Crippen LogP) is 2.31. The summed E-state index contributed by atoms with van der Waals surface area (Å²) in [6, 6.07) is 0. The molecule has 0 aliphatic carbocycles. The molecule has 0 aromatic heterocycles. The van der Waals surface area contributed by atoms with Crippen molar-refractivity contribution < 1.29 is 0 Å². The first-order valence-electron chi connectivity index (χ1n) is 3.13. The van der Waals surface area contributed by atoms with Gasteiger partial charge in [0.2, 0.25) is 0 Å². The molecule has 0 unspecified atom stereocenters. The molecule has 9 heavy (non-hydrogen) atoms. The number of thiol groups is 3. The monoisotopic (exact) mass is 182 g/mol. The standard InChI is InChI=1S/C6H14S3/c1-3-5(8)6(9)4(2)7/h4-9H,3H2,1-2H3/t4-,5+,6-/m1/s1. The highest BCUT2D eigenvalue weighted by Crippen LogP contribution is 2.18. The zero-order valence-corrected chi connectivity index (χ0v) is 8.46. The molecule has 0 saturated carbocycles. The Morgan fingerprint density at radius 2 is 1.67 bits per heavy atom. The summed E-state index contributed by atoms with van der Waals surface area (Å²) in [5.74, 6) is 0. The van der Waals surface area contributed by atoms with Gasteiger partial charge in [-0.3, -0.25) is 0 Å². The van der Waals surface area contributed by atoms with Gasteiger partial charge in [-0.25, -0.2) is 0 Å². The molecule has 0 fully saturated rings. The van der Waals surface area contributed by atoms with Crippen LogP contribution in [-0.2, 0) is 0 Å². The van der Waals surface area contributed by atoms with E-state index in [0.29, 0.717) is 15.7 Å². The average Bonchev–Trinajstić information content (AvgIpc) is 1.84. The normalized spacial score (nSPS) is 21.0. The zero-order valence-electron chi connectivity index (χ0n) is 5.78. The molecule has 0 radical (unpaired) electrons. The smallest absolute Gasteiger partial charge is 0.0247 e. The number of hydrogen-bond acceptors (Lipinski definition) is 3. The summed E-state index contributed by atoms with van der Waals surface area (Å²) in [6.07, 6.45) is 1.06. The SMILES string of the molecule is CC[C@H](S)[C@H](S)[C@@H](C)S. The summed E-state index contributed by atoms with van der Waals surface area (Å²) < 4.78 is 0. The fourth-order valence-electron chi connectivity index (χ4n) is 0.563. The number of rotatable bonds is 3. The topological polar surface area (TPSA) is 0 Å². The second kappa shape index (κ2) is 4.80. The van der Waals surface area contributed by atoms with E-state index in [1.54, 1.807) is 0 Å². The number of hydrogen-bond donors (Lipinski definition) is 3. The molecule has 0 saturated heterocycles. The Labute approximate surface area is 74.0 Å². The Balaban J connectivity index is 3.58. The van der Waals surface area contributed by atoms with Gasteiger partial charge in [0.25, 0.3) is 0 Å².